The molecule has 0 aliphatic heterocycles. The molecular weight excluding hydrogens is 202 g/mol. The zero-order chi connectivity index (χ0) is 10.1. The topological polar surface area (TPSA) is 63.4 Å². The van der Waals surface area contributed by atoms with Crippen LogP contribution in [0.5, 0.6) is 0 Å². The van der Waals surface area contributed by atoms with Crippen molar-refractivity contribution in [3.63, 3.8) is 0 Å². The maximum Gasteiger partial charge on any atom is 0.350 e. The van der Waals surface area contributed by atoms with Gasteiger partial charge in [0.15, 0.2) is 0 Å². The number of hydrogen-bond donors (Lipinski definition) is 1. The highest BCUT2D eigenvalue weighted by molar-refractivity contribution is 7.89. The van der Waals surface area contributed by atoms with Crippen molar-refractivity contribution < 1.29 is 17.2 Å². The van der Waals surface area contributed by atoms with Crippen molar-refractivity contribution in [3.8, 4) is 0 Å². The van der Waals surface area contributed by atoms with Crippen LogP contribution in [-0.2, 0) is 10.0 Å². The monoisotopic (exact) mass is 214 g/mol. The van der Waals surface area contributed by atoms with Crippen LogP contribution < -0.4 is 5.73 Å². The molecule has 0 heterocycles. The fraction of sp³-hybridized carbons (Fsp3) is 1.00. The lowest BCUT2D eigenvalue weighted by Crippen LogP contribution is -2.40. The molecule has 0 aromatic carbocycles. The van der Waals surface area contributed by atoms with Crippen LogP contribution in [-0.4, -0.2) is 37.6 Å². The van der Waals surface area contributed by atoms with Crippen LogP contribution in [0.1, 0.15) is 12.8 Å². The fourth-order valence-corrected chi connectivity index (χ4v) is 2.30. The second kappa shape index (κ2) is 3.85. The minimum absolute atomic E-state index is 0.0165. The van der Waals surface area contributed by atoms with Gasteiger partial charge in [0.05, 0.1) is 0 Å². The Kier molecular flexibility index (Phi) is 3.20. The molecule has 2 N–H and O–H groups in total. The summed E-state index contributed by atoms with van der Waals surface area (Å²) in [5.74, 6) is -3.33. The Morgan fingerprint density at radius 1 is 1.46 bits per heavy atom. The Balaban J connectivity index is 2.73. The van der Waals surface area contributed by atoms with Crippen molar-refractivity contribution in [3.05, 3.63) is 0 Å². The van der Waals surface area contributed by atoms with Gasteiger partial charge in [-0.15, -0.1) is 0 Å². The van der Waals surface area contributed by atoms with Gasteiger partial charge in [0.1, 0.15) is 0 Å². The summed E-state index contributed by atoms with van der Waals surface area (Å²) >= 11 is 0. The maximum absolute atomic E-state index is 12.1. The first-order valence-electron chi connectivity index (χ1n) is 3.99. The third kappa shape index (κ3) is 2.35. The minimum Gasteiger partial charge on any atom is -0.329 e. The van der Waals surface area contributed by atoms with Gasteiger partial charge < -0.3 is 5.73 Å². The molecule has 0 unspecified atom stereocenters. The molecule has 0 aromatic heterocycles. The lowest BCUT2D eigenvalue weighted by Gasteiger charge is -2.19. The highest BCUT2D eigenvalue weighted by atomic mass is 32.2. The second-order valence-corrected chi connectivity index (χ2v) is 4.79. The first-order chi connectivity index (χ1) is 6.00. The molecule has 1 rings (SSSR count). The Morgan fingerprint density at radius 3 is 2.31 bits per heavy atom. The Hall–Kier alpha value is -0.270. The number of nitrogens with zero attached hydrogens (tertiary/aromatic N) is 1. The highest BCUT2D eigenvalue weighted by Crippen LogP contribution is 2.30. The van der Waals surface area contributed by atoms with Gasteiger partial charge in [-0.2, -0.15) is 13.1 Å². The summed E-state index contributed by atoms with van der Waals surface area (Å²) in [7, 11) is -4.42. The summed E-state index contributed by atoms with van der Waals surface area (Å²) in [4.78, 5) is 0. The van der Waals surface area contributed by atoms with Crippen LogP contribution in [0.3, 0.4) is 0 Å². The Labute approximate surface area is 75.7 Å². The molecule has 0 spiro atoms. The normalized spacial score (nSPS) is 18.5. The SMILES string of the molecule is NCCN(C1CC1)S(=O)(=O)C(F)F. The van der Waals surface area contributed by atoms with Gasteiger partial charge in [-0.3, -0.25) is 0 Å². The molecule has 4 nitrogen and oxygen atoms in total. The van der Waals surface area contributed by atoms with E-state index >= 15 is 0 Å². The van der Waals surface area contributed by atoms with Crippen LogP contribution >= 0.6 is 0 Å². The van der Waals surface area contributed by atoms with Gasteiger partial charge in [0.25, 0.3) is 10.0 Å². The van der Waals surface area contributed by atoms with Crippen molar-refractivity contribution in [1.29, 1.82) is 0 Å². The number of rotatable bonds is 5. The average molecular weight is 214 g/mol. The summed E-state index contributed by atoms with van der Waals surface area (Å²) < 4.78 is 47.1. The molecule has 0 radical (unpaired) electrons. The van der Waals surface area contributed by atoms with Gasteiger partial charge in [0, 0.05) is 19.1 Å². The van der Waals surface area contributed by atoms with Gasteiger partial charge >= 0.3 is 5.76 Å². The predicted octanol–water partition coefficient (Wildman–Crippen LogP) is -0.0381. The summed E-state index contributed by atoms with van der Waals surface area (Å²) in [6.07, 6.45) is 1.32. The van der Waals surface area contributed by atoms with Crippen LogP contribution in [0, 0.1) is 0 Å². The molecule has 13 heavy (non-hydrogen) atoms. The van der Waals surface area contributed by atoms with E-state index in [9.17, 15) is 17.2 Å². The standard InChI is InChI=1S/C6H12F2N2O2S/c7-6(8)13(11,12)10(4-3-9)5-1-2-5/h5-6H,1-4,9H2. The van der Waals surface area contributed by atoms with Crippen LogP contribution in [0.4, 0.5) is 8.78 Å². The van der Waals surface area contributed by atoms with Crippen molar-refractivity contribution in [2.24, 2.45) is 5.73 Å². The third-order valence-corrected chi connectivity index (χ3v) is 3.44. The fourth-order valence-electron chi connectivity index (χ4n) is 1.11. The van der Waals surface area contributed by atoms with E-state index in [-0.39, 0.29) is 19.1 Å². The lowest BCUT2D eigenvalue weighted by atomic mass is 10.6. The van der Waals surface area contributed by atoms with E-state index in [4.69, 9.17) is 5.73 Å². The molecule has 1 aliphatic rings. The van der Waals surface area contributed by atoms with Crippen LogP contribution in [0.15, 0.2) is 0 Å². The zero-order valence-corrected chi connectivity index (χ0v) is 7.80. The Morgan fingerprint density at radius 2 is 2.00 bits per heavy atom. The molecule has 0 aromatic rings. The van der Waals surface area contributed by atoms with E-state index in [0.717, 1.165) is 4.31 Å². The molecule has 0 amide bonds. The number of nitrogens with two attached hydrogens (primary N) is 1. The van der Waals surface area contributed by atoms with Crippen molar-refractivity contribution in [2.45, 2.75) is 24.6 Å². The van der Waals surface area contributed by atoms with E-state index in [2.05, 4.69) is 0 Å². The summed E-state index contributed by atoms with van der Waals surface area (Å²) in [6.45, 7) is 0.0553. The Bertz CT molecular complexity index is 264. The first kappa shape index (κ1) is 10.8. The van der Waals surface area contributed by atoms with E-state index in [1.807, 2.05) is 0 Å². The molecule has 7 heteroatoms. The van der Waals surface area contributed by atoms with Crippen molar-refractivity contribution in [1.82, 2.24) is 4.31 Å². The van der Waals surface area contributed by atoms with Gasteiger partial charge in [-0.05, 0) is 12.8 Å². The number of alkyl halides is 2. The molecule has 1 saturated carbocycles. The van der Waals surface area contributed by atoms with E-state index < -0.39 is 15.8 Å². The predicted molar refractivity (Wildman–Crippen MR) is 43.7 cm³/mol. The van der Waals surface area contributed by atoms with Gasteiger partial charge in [0.2, 0.25) is 0 Å². The first-order valence-corrected chi connectivity index (χ1v) is 5.49. The summed E-state index contributed by atoms with van der Waals surface area (Å²) in [6, 6.07) is -0.248. The number of hydrogen-bond acceptors (Lipinski definition) is 3. The van der Waals surface area contributed by atoms with Crippen molar-refractivity contribution in [2.75, 3.05) is 13.1 Å². The van der Waals surface area contributed by atoms with E-state index in [1.54, 1.807) is 0 Å². The highest BCUT2D eigenvalue weighted by Gasteiger charge is 2.41. The number of sulfonamides is 1. The van der Waals surface area contributed by atoms with E-state index in [1.165, 1.54) is 0 Å². The van der Waals surface area contributed by atoms with Crippen LogP contribution in [0.25, 0.3) is 0 Å². The van der Waals surface area contributed by atoms with Crippen LogP contribution in [0.2, 0.25) is 0 Å². The molecule has 1 aliphatic carbocycles. The third-order valence-electron chi connectivity index (χ3n) is 1.86. The smallest absolute Gasteiger partial charge is 0.329 e. The van der Waals surface area contributed by atoms with E-state index in [0.29, 0.717) is 12.8 Å². The molecule has 0 bridgehead atoms. The zero-order valence-electron chi connectivity index (χ0n) is 6.99. The molecular formula is C6H12F2N2O2S. The molecule has 1 fully saturated rings. The summed E-state index contributed by atoms with van der Waals surface area (Å²) in [5, 5.41) is 0. The summed E-state index contributed by atoms with van der Waals surface area (Å²) in [5.41, 5.74) is 5.14. The largest absolute Gasteiger partial charge is 0.350 e. The molecule has 0 atom stereocenters. The minimum atomic E-state index is -4.42. The maximum atomic E-state index is 12.1. The molecule has 78 valence electrons. The average Bonchev–Trinajstić information content (AvgIpc) is 2.82. The van der Waals surface area contributed by atoms with Gasteiger partial charge in [-0.1, -0.05) is 0 Å². The lowest BCUT2D eigenvalue weighted by molar-refractivity contribution is 0.218. The van der Waals surface area contributed by atoms with Gasteiger partial charge in [-0.25, -0.2) is 8.42 Å². The number of halogens is 2. The quantitative estimate of drug-likeness (QED) is 0.698. The van der Waals surface area contributed by atoms with Crippen molar-refractivity contribution >= 4 is 10.0 Å². The molecule has 0 saturated heterocycles. The second-order valence-electron chi connectivity index (χ2n) is 2.94.